The van der Waals surface area contributed by atoms with E-state index in [0.717, 1.165) is 35.1 Å². The number of aldehydes is 1. The fourth-order valence-corrected chi connectivity index (χ4v) is 3.53. The molecule has 0 aromatic heterocycles. The Labute approximate surface area is 174 Å². The van der Waals surface area contributed by atoms with Crippen LogP contribution in [0.15, 0.2) is 72.8 Å². The maximum atomic E-state index is 11.8. The lowest BCUT2D eigenvalue weighted by Crippen LogP contribution is -2.11. The lowest BCUT2D eigenvalue weighted by molar-refractivity contribution is 0.112. The van der Waals surface area contributed by atoms with Crippen molar-refractivity contribution in [3.63, 3.8) is 0 Å². The average molecular weight is 387 g/mol. The Bertz CT molecular complexity index is 925. The number of benzene rings is 3. The number of carbonyl (C=O) groups excluding carboxylic acids is 1. The van der Waals surface area contributed by atoms with E-state index < -0.39 is 0 Å². The van der Waals surface area contributed by atoms with Crippen LogP contribution in [0.4, 0.5) is 0 Å². The fraction of sp³-hybridized carbons (Fsp3) is 0.296. The Morgan fingerprint density at radius 2 is 1.52 bits per heavy atom. The van der Waals surface area contributed by atoms with E-state index >= 15 is 0 Å². The minimum atomic E-state index is -0.0353. The Balaban J connectivity index is 1.88. The van der Waals surface area contributed by atoms with Crippen LogP contribution in [0.5, 0.6) is 5.75 Å². The number of hydrogen-bond donors (Lipinski definition) is 0. The Hall–Kier alpha value is -2.87. The molecular weight excluding hydrogens is 356 g/mol. The molecule has 0 aliphatic heterocycles. The molecule has 2 nitrogen and oxygen atoms in total. The average Bonchev–Trinajstić information content (AvgIpc) is 2.73. The molecule has 0 spiro atoms. The van der Waals surface area contributed by atoms with Crippen molar-refractivity contribution >= 4 is 6.29 Å². The molecule has 0 N–H and O–H groups in total. The molecule has 1 unspecified atom stereocenters. The lowest BCUT2D eigenvalue weighted by atomic mass is 9.96. The molecule has 1 atom stereocenters. The topological polar surface area (TPSA) is 26.3 Å². The summed E-state index contributed by atoms with van der Waals surface area (Å²) in [5, 5.41) is 0. The van der Waals surface area contributed by atoms with Crippen LogP contribution in [0.1, 0.15) is 67.6 Å². The first-order valence-corrected chi connectivity index (χ1v) is 10.4. The Morgan fingerprint density at radius 3 is 2.10 bits per heavy atom. The van der Waals surface area contributed by atoms with Crippen molar-refractivity contribution in [2.75, 3.05) is 0 Å². The normalized spacial score (nSPS) is 12.2. The van der Waals surface area contributed by atoms with Crippen LogP contribution in [-0.4, -0.2) is 6.29 Å². The van der Waals surface area contributed by atoms with Crippen molar-refractivity contribution in [1.29, 1.82) is 0 Å². The zero-order valence-corrected chi connectivity index (χ0v) is 17.8. The Morgan fingerprint density at radius 1 is 0.828 bits per heavy atom. The van der Waals surface area contributed by atoms with Gasteiger partial charge in [0.05, 0.1) is 0 Å². The highest BCUT2D eigenvalue weighted by Gasteiger charge is 2.16. The molecule has 29 heavy (non-hydrogen) atoms. The second-order valence-electron chi connectivity index (χ2n) is 8.29. The maximum absolute atomic E-state index is 11.8. The highest BCUT2D eigenvalue weighted by Crippen LogP contribution is 2.32. The lowest BCUT2D eigenvalue weighted by Gasteiger charge is -2.22. The van der Waals surface area contributed by atoms with Gasteiger partial charge in [0.15, 0.2) is 6.29 Å². The molecule has 0 amide bonds. The van der Waals surface area contributed by atoms with Gasteiger partial charge in [-0.1, -0.05) is 82.3 Å². The minimum absolute atomic E-state index is 0.0353. The van der Waals surface area contributed by atoms with Crippen molar-refractivity contribution in [2.45, 2.75) is 46.1 Å². The van der Waals surface area contributed by atoms with Crippen molar-refractivity contribution in [2.24, 2.45) is 5.92 Å². The molecule has 0 saturated carbocycles. The van der Waals surface area contributed by atoms with E-state index in [1.54, 1.807) is 0 Å². The Kier molecular flexibility index (Phi) is 6.87. The van der Waals surface area contributed by atoms with Gasteiger partial charge in [0, 0.05) is 5.56 Å². The molecule has 0 aliphatic carbocycles. The molecule has 0 saturated heterocycles. The monoisotopic (exact) mass is 386 g/mol. The number of hydrogen-bond acceptors (Lipinski definition) is 2. The molecule has 3 aromatic rings. The van der Waals surface area contributed by atoms with Crippen LogP contribution in [0.25, 0.3) is 11.1 Å². The minimum Gasteiger partial charge on any atom is -0.486 e. The standard InChI is InChI=1S/C27H30O2/c1-19(2)16-27(23-8-6-5-7-9-23)29-25-14-15-26(24(17-25)18-28)22-12-10-21(11-13-22)20(3)4/h5-15,17-20,27H,16H2,1-4H3. The zero-order chi connectivity index (χ0) is 20.8. The highest BCUT2D eigenvalue weighted by atomic mass is 16.5. The summed E-state index contributed by atoms with van der Waals surface area (Å²) in [5.74, 6) is 1.72. The summed E-state index contributed by atoms with van der Waals surface area (Å²) in [5.41, 5.74) is 5.08. The van der Waals surface area contributed by atoms with Crippen LogP contribution >= 0.6 is 0 Å². The van der Waals surface area contributed by atoms with E-state index in [1.807, 2.05) is 36.4 Å². The third kappa shape index (κ3) is 5.35. The first-order chi connectivity index (χ1) is 14.0. The molecule has 3 aromatic carbocycles. The molecular formula is C27H30O2. The van der Waals surface area contributed by atoms with E-state index in [0.29, 0.717) is 17.4 Å². The van der Waals surface area contributed by atoms with E-state index in [4.69, 9.17) is 4.74 Å². The molecule has 3 rings (SSSR count). The first kappa shape index (κ1) is 20.9. The van der Waals surface area contributed by atoms with Gasteiger partial charge in [-0.25, -0.2) is 0 Å². The molecule has 0 radical (unpaired) electrons. The van der Waals surface area contributed by atoms with E-state index in [9.17, 15) is 4.79 Å². The van der Waals surface area contributed by atoms with Gasteiger partial charge in [0.2, 0.25) is 0 Å². The summed E-state index contributed by atoms with van der Waals surface area (Å²) in [6, 6.07) is 24.5. The van der Waals surface area contributed by atoms with Crippen LogP contribution in [-0.2, 0) is 0 Å². The third-order valence-electron chi connectivity index (χ3n) is 5.17. The summed E-state index contributed by atoms with van der Waals surface area (Å²) in [7, 11) is 0. The highest BCUT2D eigenvalue weighted by molar-refractivity contribution is 5.88. The number of carbonyl (C=O) groups is 1. The van der Waals surface area contributed by atoms with Gasteiger partial charge in [-0.05, 0) is 58.7 Å². The van der Waals surface area contributed by atoms with Crippen molar-refractivity contribution < 1.29 is 9.53 Å². The number of ether oxygens (including phenoxy) is 1. The van der Waals surface area contributed by atoms with E-state index in [-0.39, 0.29) is 6.10 Å². The van der Waals surface area contributed by atoms with E-state index in [2.05, 4.69) is 64.1 Å². The van der Waals surface area contributed by atoms with Crippen LogP contribution in [0, 0.1) is 5.92 Å². The van der Waals surface area contributed by atoms with Crippen molar-refractivity contribution in [3.05, 3.63) is 89.5 Å². The van der Waals surface area contributed by atoms with E-state index in [1.165, 1.54) is 5.56 Å². The third-order valence-corrected chi connectivity index (χ3v) is 5.17. The zero-order valence-electron chi connectivity index (χ0n) is 17.8. The van der Waals surface area contributed by atoms with Gasteiger partial charge >= 0.3 is 0 Å². The van der Waals surface area contributed by atoms with Gasteiger partial charge in [-0.3, -0.25) is 4.79 Å². The molecule has 2 heteroatoms. The van der Waals surface area contributed by atoms with Crippen molar-refractivity contribution in [1.82, 2.24) is 0 Å². The predicted octanol–water partition coefficient (Wildman–Crippen LogP) is 7.46. The summed E-state index contributed by atoms with van der Waals surface area (Å²) >= 11 is 0. The second kappa shape index (κ2) is 9.56. The number of rotatable bonds is 8. The smallest absolute Gasteiger partial charge is 0.150 e. The molecule has 0 bridgehead atoms. The molecule has 150 valence electrons. The SMILES string of the molecule is CC(C)CC(Oc1ccc(-c2ccc(C(C)C)cc2)c(C=O)c1)c1ccccc1. The summed E-state index contributed by atoms with van der Waals surface area (Å²) in [6.45, 7) is 8.75. The van der Waals surface area contributed by atoms with Crippen LogP contribution in [0.2, 0.25) is 0 Å². The van der Waals surface area contributed by atoms with Crippen LogP contribution in [0.3, 0.4) is 0 Å². The summed E-state index contributed by atoms with van der Waals surface area (Å²) in [4.78, 5) is 11.8. The van der Waals surface area contributed by atoms with Gasteiger partial charge in [-0.2, -0.15) is 0 Å². The molecule has 0 aliphatic rings. The van der Waals surface area contributed by atoms with Crippen LogP contribution < -0.4 is 4.74 Å². The largest absolute Gasteiger partial charge is 0.486 e. The fourth-order valence-electron chi connectivity index (χ4n) is 3.53. The molecule has 0 heterocycles. The molecule has 0 fully saturated rings. The second-order valence-corrected chi connectivity index (χ2v) is 8.29. The van der Waals surface area contributed by atoms with Gasteiger partial charge in [0.25, 0.3) is 0 Å². The van der Waals surface area contributed by atoms with Gasteiger partial charge < -0.3 is 4.74 Å². The predicted molar refractivity (Wildman–Crippen MR) is 121 cm³/mol. The van der Waals surface area contributed by atoms with Gasteiger partial charge in [-0.15, -0.1) is 0 Å². The summed E-state index contributed by atoms with van der Waals surface area (Å²) < 4.78 is 6.34. The first-order valence-electron chi connectivity index (χ1n) is 10.4. The summed E-state index contributed by atoms with van der Waals surface area (Å²) in [6.07, 6.45) is 1.80. The van der Waals surface area contributed by atoms with Gasteiger partial charge in [0.1, 0.15) is 11.9 Å². The van der Waals surface area contributed by atoms with Crippen molar-refractivity contribution in [3.8, 4) is 16.9 Å². The quantitative estimate of drug-likeness (QED) is 0.376. The maximum Gasteiger partial charge on any atom is 0.150 e.